The summed E-state index contributed by atoms with van der Waals surface area (Å²) in [5, 5.41) is 3.47. The Morgan fingerprint density at radius 1 is 1.50 bits per heavy atom. The van der Waals surface area contributed by atoms with E-state index in [2.05, 4.69) is 12.2 Å². The maximum absolute atomic E-state index is 13.1. The molecule has 2 rings (SSSR count). The Hall–Kier alpha value is -1.09. The monoisotopic (exact) mass is 223 g/mol. The number of hydrogen-bond acceptors (Lipinski definition) is 2. The van der Waals surface area contributed by atoms with Crippen LogP contribution in [0.1, 0.15) is 38.3 Å². The first kappa shape index (κ1) is 11.4. The van der Waals surface area contributed by atoms with Crippen LogP contribution in [0, 0.1) is 5.82 Å². The molecule has 3 heteroatoms. The summed E-state index contributed by atoms with van der Waals surface area (Å²) in [4.78, 5) is 0. The highest BCUT2D eigenvalue weighted by molar-refractivity contribution is 5.38. The van der Waals surface area contributed by atoms with Gasteiger partial charge in [-0.1, -0.05) is 13.0 Å². The molecule has 1 aromatic rings. The third-order valence-corrected chi connectivity index (χ3v) is 2.89. The first-order valence-corrected chi connectivity index (χ1v) is 5.90. The van der Waals surface area contributed by atoms with Gasteiger partial charge in [-0.2, -0.15) is 0 Å². The smallest absolute Gasteiger partial charge is 0.127 e. The van der Waals surface area contributed by atoms with E-state index in [1.165, 1.54) is 12.1 Å². The molecule has 2 atom stereocenters. The van der Waals surface area contributed by atoms with Crippen LogP contribution in [0.2, 0.25) is 0 Å². The largest absolute Gasteiger partial charge is 0.490 e. The molecule has 1 aliphatic heterocycles. The summed E-state index contributed by atoms with van der Waals surface area (Å²) in [5.74, 6) is 0.453. The lowest BCUT2D eigenvalue weighted by molar-refractivity contribution is 0.166. The number of nitrogens with one attached hydrogen (secondary N) is 1. The summed E-state index contributed by atoms with van der Waals surface area (Å²) < 4.78 is 18.7. The number of ether oxygens (including phenoxy) is 1. The first-order chi connectivity index (χ1) is 7.70. The minimum atomic E-state index is -0.234. The normalized spacial score (nSPS) is 23.7. The quantitative estimate of drug-likeness (QED) is 0.850. The molecule has 0 saturated carbocycles. The van der Waals surface area contributed by atoms with E-state index in [4.69, 9.17) is 4.74 Å². The third-order valence-electron chi connectivity index (χ3n) is 2.89. The minimum absolute atomic E-state index is 0.142. The predicted octanol–water partition coefficient (Wildman–Crippen LogP) is 3.04. The summed E-state index contributed by atoms with van der Waals surface area (Å²) in [6, 6.07) is 5.09. The highest BCUT2D eigenvalue weighted by Crippen LogP contribution is 2.34. The Morgan fingerprint density at radius 2 is 2.31 bits per heavy atom. The van der Waals surface area contributed by atoms with Gasteiger partial charge in [-0.15, -0.1) is 0 Å². The molecule has 1 N–H and O–H groups in total. The van der Waals surface area contributed by atoms with E-state index in [9.17, 15) is 4.39 Å². The average Bonchev–Trinajstić information content (AvgIpc) is 2.25. The van der Waals surface area contributed by atoms with Crippen LogP contribution in [0.4, 0.5) is 4.39 Å². The number of rotatable bonds is 3. The lowest BCUT2D eigenvalue weighted by Gasteiger charge is -2.31. The van der Waals surface area contributed by atoms with Crippen molar-refractivity contribution in [2.45, 2.75) is 38.8 Å². The van der Waals surface area contributed by atoms with E-state index in [0.717, 1.165) is 24.9 Å². The second-order valence-electron chi connectivity index (χ2n) is 4.35. The zero-order valence-electron chi connectivity index (χ0n) is 9.79. The summed E-state index contributed by atoms with van der Waals surface area (Å²) in [7, 11) is 0. The fraction of sp³-hybridized carbons (Fsp3) is 0.538. The van der Waals surface area contributed by atoms with Crippen LogP contribution in [0.15, 0.2) is 18.2 Å². The molecule has 88 valence electrons. The van der Waals surface area contributed by atoms with Crippen LogP contribution >= 0.6 is 0 Å². The zero-order chi connectivity index (χ0) is 11.5. The predicted molar refractivity (Wildman–Crippen MR) is 62.1 cm³/mol. The van der Waals surface area contributed by atoms with Gasteiger partial charge in [-0.25, -0.2) is 4.39 Å². The molecule has 1 aromatic carbocycles. The van der Waals surface area contributed by atoms with E-state index >= 15 is 0 Å². The van der Waals surface area contributed by atoms with Gasteiger partial charge < -0.3 is 10.1 Å². The molecule has 1 heterocycles. The number of halogens is 1. The van der Waals surface area contributed by atoms with E-state index in [0.29, 0.717) is 11.8 Å². The molecule has 0 bridgehead atoms. The lowest BCUT2D eigenvalue weighted by Crippen LogP contribution is -2.31. The van der Waals surface area contributed by atoms with E-state index < -0.39 is 0 Å². The van der Waals surface area contributed by atoms with Crippen molar-refractivity contribution in [1.82, 2.24) is 5.32 Å². The Kier molecular flexibility index (Phi) is 3.44. The highest BCUT2D eigenvalue weighted by Gasteiger charge is 2.25. The SMILES string of the molecule is CCCNC1CC(C)Oc2cc(F)ccc21. The summed E-state index contributed by atoms with van der Waals surface area (Å²) in [6.45, 7) is 5.14. The second kappa shape index (κ2) is 4.83. The lowest BCUT2D eigenvalue weighted by atomic mass is 9.97. The molecule has 0 aliphatic carbocycles. The van der Waals surface area contributed by atoms with Gasteiger partial charge in [0.1, 0.15) is 11.6 Å². The Labute approximate surface area is 95.8 Å². The van der Waals surface area contributed by atoms with Crippen molar-refractivity contribution in [1.29, 1.82) is 0 Å². The van der Waals surface area contributed by atoms with Crippen LogP contribution in [0.3, 0.4) is 0 Å². The molecule has 2 unspecified atom stereocenters. The topological polar surface area (TPSA) is 21.3 Å². The van der Waals surface area contributed by atoms with Crippen LogP contribution in [0.5, 0.6) is 5.75 Å². The molecule has 0 fully saturated rings. The van der Waals surface area contributed by atoms with Gasteiger partial charge in [-0.3, -0.25) is 0 Å². The van der Waals surface area contributed by atoms with Crippen LogP contribution in [-0.2, 0) is 0 Å². The highest BCUT2D eigenvalue weighted by atomic mass is 19.1. The van der Waals surface area contributed by atoms with Gasteiger partial charge in [0.25, 0.3) is 0 Å². The van der Waals surface area contributed by atoms with Crippen molar-refractivity contribution in [3.05, 3.63) is 29.6 Å². The van der Waals surface area contributed by atoms with Crippen molar-refractivity contribution in [2.24, 2.45) is 0 Å². The van der Waals surface area contributed by atoms with Crippen LogP contribution in [-0.4, -0.2) is 12.6 Å². The number of fused-ring (bicyclic) bond motifs is 1. The first-order valence-electron chi connectivity index (χ1n) is 5.90. The van der Waals surface area contributed by atoms with Gasteiger partial charge in [0.2, 0.25) is 0 Å². The molecule has 0 saturated heterocycles. The number of hydrogen-bond donors (Lipinski definition) is 1. The fourth-order valence-electron chi connectivity index (χ4n) is 2.13. The Morgan fingerprint density at radius 3 is 3.06 bits per heavy atom. The second-order valence-corrected chi connectivity index (χ2v) is 4.35. The average molecular weight is 223 g/mol. The van der Waals surface area contributed by atoms with Crippen molar-refractivity contribution in [3.8, 4) is 5.75 Å². The maximum Gasteiger partial charge on any atom is 0.127 e. The zero-order valence-corrected chi connectivity index (χ0v) is 9.79. The van der Waals surface area contributed by atoms with Gasteiger partial charge in [0, 0.05) is 24.1 Å². The molecule has 0 radical (unpaired) electrons. The Balaban J connectivity index is 2.23. The van der Waals surface area contributed by atoms with Gasteiger partial charge in [0.15, 0.2) is 0 Å². The molecule has 1 aliphatic rings. The van der Waals surface area contributed by atoms with Crippen LogP contribution < -0.4 is 10.1 Å². The van der Waals surface area contributed by atoms with Crippen molar-refractivity contribution >= 4 is 0 Å². The molecular weight excluding hydrogens is 205 g/mol. The van der Waals surface area contributed by atoms with Crippen molar-refractivity contribution in [2.75, 3.05) is 6.54 Å². The Bertz CT molecular complexity index is 367. The molecular formula is C13H18FNO. The molecule has 16 heavy (non-hydrogen) atoms. The standard InChI is InChI=1S/C13H18FNO/c1-3-6-15-12-7-9(2)16-13-8-10(14)4-5-11(12)13/h4-5,8-9,12,15H,3,6-7H2,1-2H3. The van der Waals surface area contributed by atoms with Gasteiger partial charge in [0.05, 0.1) is 6.10 Å². The van der Waals surface area contributed by atoms with Crippen molar-refractivity contribution < 1.29 is 9.13 Å². The fourth-order valence-corrected chi connectivity index (χ4v) is 2.13. The summed E-state index contributed by atoms with van der Waals surface area (Å²) in [6.07, 6.45) is 2.18. The molecule has 0 amide bonds. The maximum atomic E-state index is 13.1. The van der Waals surface area contributed by atoms with E-state index in [-0.39, 0.29) is 11.9 Å². The van der Waals surface area contributed by atoms with Gasteiger partial charge in [-0.05, 0) is 26.0 Å². The van der Waals surface area contributed by atoms with E-state index in [1.54, 1.807) is 0 Å². The van der Waals surface area contributed by atoms with Gasteiger partial charge >= 0.3 is 0 Å². The molecule has 0 aromatic heterocycles. The molecule has 2 nitrogen and oxygen atoms in total. The number of benzene rings is 1. The van der Waals surface area contributed by atoms with Crippen molar-refractivity contribution in [3.63, 3.8) is 0 Å². The molecule has 0 spiro atoms. The summed E-state index contributed by atoms with van der Waals surface area (Å²) in [5.41, 5.74) is 1.08. The summed E-state index contributed by atoms with van der Waals surface area (Å²) >= 11 is 0. The van der Waals surface area contributed by atoms with Crippen LogP contribution in [0.25, 0.3) is 0 Å². The van der Waals surface area contributed by atoms with E-state index in [1.807, 2.05) is 13.0 Å². The third kappa shape index (κ3) is 2.35. The minimum Gasteiger partial charge on any atom is -0.490 e.